The Morgan fingerprint density at radius 2 is 1.68 bits per heavy atom. The second-order valence-corrected chi connectivity index (χ2v) is 6.97. The van der Waals surface area contributed by atoms with E-state index < -0.39 is 5.97 Å². The van der Waals surface area contributed by atoms with Crippen molar-refractivity contribution in [2.24, 2.45) is 0 Å². The molecular weight excluding hydrogens is 336 g/mol. The lowest BCUT2D eigenvalue weighted by Crippen LogP contribution is -2.41. The van der Waals surface area contributed by atoms with E-state index in [0.29, 0.717) is 0 Å². The van der Waals surface area contributed by atoms with Crippen LogP contribution in [0.25, 0.3) is 0 Å². The Bertz CT molecular complexity index is 720. The Morgan fingerprint density at radius 1 is 1.04 bits per heavy atom. The van der Waals surface area contributed by atoms with Crippen molar-refractivity contribution in [3.63, 3.8) is 0 Å². The van der Waals surface area contributed by atoms with Crippen molar-refractivity contribution in [3.8, 4) is 0 Å². The maximum Gasteiger partial charge on any atom is 0.317 e. The van der Waals surface area contributed by atoms with Crippen LogP contribution in [0.15, 0.2) is 64.4 Å². The molecule has 0 radical (unpaired) electrons. The molecule has 132 valence electrons. The summed E-state index contributed by atoms with van der Waals surface area (Å²) < 4.78 is 0. The summed E-state index contributed by atoms with van der Waals surface area (Å²) in [7, 11) is 0. The number of amides is 1. The number of nitrogens with zero attached hydrogens (tertiary/aromatic N) is 1. The van der Waals surface area contributed by atoms with E-state index in [9.17, 15) is 9.59 Å². The number of carboxylic acids is 1. The monoisotopic (exact) mass is 358 g/mol. The molecule has 0 saturated carbocycles. The number of nitrogens with one attached hydrogen (secondary N) is 1. The number of carboxylic acid groups (broad SMARTS) is 1. The summed E-state index contributed by atoms with van der Waals surface area (Å²) >= 11 is 1.57. The van der Waals surface area contributed by atoms with Crippen LogP contribution in [0.4, 0.5) is 5.69 Å². The molecule has 0 fully saturated rings. The van der Waals surface area contributed by atoms with Gasteiger partial charge in [-0.2, -0.15) is 0 Å². The second kappa shape index (κ2) is 9.25. The number of aliphatic carboxylic acids is 1. The zero-order valence-corrected chi connectivity index (χ0v) is 15.1. The zero-order chi connectivity index (χ0) is 18.2. The summed E-state index contributed by atoms with van der Waals surface area (Å²) in [4.78, 5) is 26.9. The molecule has 2 N–H and O–H groups in total. The fourth-order valence-corrected chi connectivity index (χ4v) is 3.17. The van der Waals surface area contributed by atoms with E-state index in [2.05, 4.69) is 5.32 Å². The van der Waals surface area contributed by atoms with Gasteiger partial charge in [0.05, 0.1) is 18.8 Å². The van der Waals surface area contributed by atoms with E-state index >= 15 is 0 Å². The minimum Gasteiger partial charge on any atom is -0.480 e. The molecule has 0 spiro atoms. The third kappa shape index (κ3) is 6.25. The average Bonchev–Trinajstić information content (AvgIpc) is 2.56. The third-order valence-electron chi connectivity index (χ3n) is 3.55. The smallest absolute Gasteiger partial charge is 0.317 e. The van der Waals surface area contributed by atoms with Gasteiger partial charge in [0.2, 0.25) is 5.91 Å². The lowest BCUT2D eigenvalue weighted by atomic mass is 10.3. The van der Waals surface area contributed by atoms with Gasteiger partial charge in [-0.1, -0.05) is 42.1 Å². The Kier molecular flexibility index (Phi) is 7.03. The zero-order valence-electron chi connectivity index (χ0n) is 14.3. The summed E-state index contributed by atoms with van der Waals surface area (Å²) in [6, 6.07) is 17.5. The summed E-state index contributed by atoms with van der Waals surface area (Å²) in [6.07, 6.45) is 0. The van der Waals surface area contributed by atoms with Crippen LogP contribution < -0.4 is 5.32 Å². The number of carbonyl (C=O) groups is 2. The van der Waals surface area contributed by atoms with Crippen molar-refractivity contribution in [1.82, 2.24) is 4.90 Å². The molecule has 0 aliphatic heterocycles. The van der Waals surface area contributed by atoms with Gasteiger partial charge in [0.25, 0.3) is 0 Å². The topological polar surface area (TPSA) is 69.6 Å². The molecule has 0 saturated heterocycles. The molecule has 0 bridgehead atoms. The predicted molar refractivity (Wildman–Crippen MR) is 100.0 cm³/mol. The van der Waals surface area contributed by atoms with E-state index in [0.717, 1.165) is 15.5 Å². The maximum absolute atomic E-state index is 12.4. The minimum atomic E-state index is -0.943. The van der Waals surface area contributed by atoms with Crippen molar-refractivity contribution in [2.75, 3.05) is 18.4 Å². The van der Waals surface area contributed by atoms with Crippen LogP contribution in [0.5, 0.6) is 0 Å². The van der Waals surface area contributed by atoms with Crippen molar-refractivity contribution >= 4 is 29.3 Å². The van der Waals surface area contributed by atoms with Crippen LogP contribution in [0.1, 0.15) is 13.8 Å². The Labute approximate surface area is 152 Å². The highest BCUT2D eigenvalue weighted by Gasteiger charge is 2.17. The van der Waals surface area contributed by atoms with Crippen LogP contribution in [0, 0.1) is 0 Å². The first-order chi connectivity index (χ1) is 12.0. The standard InChI is InChI=1S/C19H22N2O3S/c1-14(2)21(13-19(23)24)12-18(22)20-16-10-6-7-11-17(16)25-15-8-4-3-5-9-15/h3-11,14H,12-13H2,1-2H3,(H,20,22)(H,23,24). The van der Waals surface area contributed by atoms with Crippen molar-refractivity contribution < 1.29 is 14.7 Å². The molecule has 6 heteroatoms. The number of benzene rings is 2. The number of anilines is 1. The molecule has 0 aliphatic rings. The van der Waals surface area contributed by atoms with Crippen LogP contribution >= 0.6 is 11.8 Å². The van der Waals surface area contributed by atoms with Gasteiger partial charge in [-0.05, 0) is 38.1 Å². The van der Waals surface area contributed by atoms with Gasteiger partial charge in [0.1, 0.15) is 0 Å². The van der Waals surface area contributed by atoms with Crippen LogP contribution in [0.2, 0.25) is 0 Å². The van der Waals surface area contributed by atoms with E-state index in [1.807, 2.05) is 68.4 Å². The van der Waals surface area contributed by atoms with Gasteiger partial charge in [-0.25, -0.2) is 0 Å². The first-order valence-electron chi connectivity index (χ1n) is 8.03. The number of para-hydroxylation sites is 1. The summed E-state index contributed by atoms with van der Waals surface area (Å²) in [5, 5.41) is 11.9. The van der Waals surface area contributed by atoms with E-state index in [4.69, 9.17) is 5.11 Å². The van der Waals surface area contributed by atoms with E-state index in [-0.39, 0.29) is 25.0 Å². The molecule has 0 atom stereocenters. The van der Waals surface area contributed by atoms with Crippen molar-refractivity contribution in [1.29, 1.82) is 0 Å². The van der Waals surface area contributed by atoms with Gasteiger partial charge in [0, 0.05) is 15.8 Å². The summed E-state index contributed by atoms with van der Waals surface area (Å²) in [5.74, 6) is -1.17. The predicted octanol–water partition coefficient (Wildman–Crippen LogP) is 3.57. The van der Waals surface area contributed by atoms with Gasteiger partial charge in [-0.3, -0.25) is 14.5 Å². The number of rotatable bonds is 8. The molecular formula is C19H22N2O3S. The number of hydrogen-bond donors (Lipinski definition) is 2. The Balaban J connectivity index is 2.06. The van der Waals surface area contributed by atoms with E-state index in [1.54, 1.807) is 16.7 Å². The maximum atomic E-state index is 12.4. The van der Waals surface area contributed by atoms with Gasteiger partial charge >= 0.3 is 5.97 Å². The quantitative estimate of drug-likeness (QED) is 0.755. The molecule has 0 aromatic heterocycles. The Morgan fingerprint density at radius 3 is 2.32 bits per heavy atom. The minimum absolute atomic E-state index is 0.0317. The van der Waals surface area contributed by atoms with Gasteiger partial charge < -0.3 is 10.4 Å². The van der Waals surface area contributed by atoms with Gasteiger partial charge in [0.15, 0.2) is 0 Å². The fraction of sp³-hybridized carbons (Fsp3) is 0.263. The summed E-state index contributed by atoms with van der Waals surface area (Å²) in [5.41, 5.74) is 0.723. The molecule has 0 heterocycles. The van der Waals surface area contributed by atoms with E-state index in [1.165, 1.54) is 0 Å². The normalized spacial score (nSPS) is 10.9. The molecule has 25 heavy (non-hydrogen) atoms. The summed E-state index contributed by atoms with van der Waals surface area (Å²) in [6.45, 7) is 3.62. The third-order valence-corrected chi connectivity index (χ3v) is 4.63. The number of hydrogen-bond acceptors (Lipinski definition) is 4. The van der Waals surface area contributed by atoms with Gasteiger partial charge in [-0.15, -0.1) is 0 Å². The molecule has 5 nitrogen and oxygen atoms in total. The second-order valence-electron chi connectivity index (χ2n) is 5.85. The lowest BCUT2D eigenvalue weighted by molar-refractivity contribution is -0.139. The molecule has 1 amide bonds. The molecule has 0 aliphatic carbocycles. The fourth-order valence-electron chi connectivity index (χ4n) is 2.24. The molecule has 0 unspecified atom stereocenters. The first kappa shape index (κ1) is 19.0. The van der Waals surface area contributed by atoms with Crippen LogP contribution in [-0.4, -0.2) is 41.0 Å². The first-order valence-corrected chi connectivity index (χ1v) is 8.85. The highest BCUT2D eigenvalue weighted by molar-refractivity contribution is 7.99. The molecule has 2 aromatic carbocycles. The lowest BCUT2D eigenvalue weighted by Gasteiger charge is -2.24. The average molecular weight is 358 g/mol. The highest BCUT2D eigenvalue weighted by Crippen LogP contribution is 2.33. The SMILES string of the molecule is CC(C)N(CC(=O)O)CC(=O)Nc1ccccc1Sc1ccccc1. The largest absolute Gasteiger partial charge is 0.480 e. The van der Waals surface area contributed by atoms with Crippen LogP contribution in [0.3, 0.4) is 0 Å². The van der Waals surface area contributed by atoms with Crippen LogP contribution in [-0.2, 0) is 9.59 Å². The molecule has 2 rings (SSSR count). The molecule has 2 aromatic rings. The van der Waals surface area contributed by atoms with Crippen molar-refractivity contribution in [2.45, 2.75) is 29.7 Å². The highest BCUT2D eigenvalue weighted by atomic mass is 32.2. The Hall–Kier alpha value is -2.31. The van der Waals surface area contributed by atoms with Crippen molar-refractivity contribution in [3.05, 3.63) is 54.6 Å². The number of carbonyl (C=O) groups excluding carboxylic acids is 1.